The van der Waals surface area contributed by atoms with Crippen LogP contribution in [0.2, 0.25) is 0 Å². The maximum Gasteiger partial charge on any atom is 0.280 e. The van der Waals surface area contributed by atoms with Crippen LogP contribution in [-0.4, -0.2) is 51.9 Å². The minimum atomic E-state index is -0.341. The molecule has 0 atom stereocenters. The predicted molar refractivity (Wildman–Crippen MR) is 162 cm³/mol. The first-order chi connectivity index (χ1) is 20.4. The largest absolute Gasteiger partial charge is 0.392 e. The molecule has 0 saturated carbocycles. The van der Waals surface area contributed by atoms with E-state index in [1.54, 1.807) is 37.8 Å². The Hall–Kier alpha value is -4.48. The number of aromatic nitrogens is 6. The van der Waals surface area contributed by atoms with E-state index in [1.165, 1.54) is 9.13 Å². The number of nitrogens with zero attached hydrogens (tertiary/aromatic N) is 7. The molecule has 0 bridgehead atoms. The second-order valence-electron chi connectivity index (χ2n) is 11.1. The standard InChI is InChI=1S/C31H36N8O3/c1-4-5-6-7-21-14-27-31(42)38(12-11-37(27)17-21)29-25(20-40)24(8-9-32-29)22-15-26(30(41)36(3)18-22)33-28-16-23-19-35(2)10-13-39(23)34-28/h8-9,11-12,14-18,40H,4-7,10,13,19-20H2,1-3H3,(H,33,34). The van der Waals surface area contributed by atoms with Crippen LogP contribution in [0.3, 0.4) is 0 Å². The third kappa shape index (κ3) is 5.17. The number of hydrogen-bond donors (Lipinski definition) is 2. The van der Waals surface area contributed by atoms with E-state index in [1.807, 2.05) is 33.6 Å². The highest BCUT2D eigenvalue weighted by atomic mass is 16.3. The number of aliphatic hydroxyl groups excluding tert-OH is 1. The first-order valence-corrected chi connectivity index (χ1v) is 14.4. The molecule has 2 N–H and O–H groups in total. The summed E-state index contributed by atoms with van der Waals surface area (Å²) in [6.07, 6.45) is 13.2. The fourth-order valence-electron chi connectivity index (χ4n) is 5.70. The van der Waals surface area contributed by atoms with Crippen molar-refractivity contribution in [2.45, 2.75) is 52.3 Å². The molecule has 11 nitrogen and oxygen atoms in total. The minimum Gasteiger partial charge on any atom is -0.392 e. The molecule has 218 valence electrons. The molecule has 11 heteroatoms. The molecule has 0 aliphatic carbocycles. The van der Waals surface area contributed by atoms with Crippen molar-refractivity contribution in [3.63, 3.8) is 0 Å². The lowest BCUT2D eigenvalue weighted by Crippen LogP contribution is -2.30. The van der Waals surface area contributed by atoms with E-state index in [9.17, 15) is 14.7 Å². The molecule has 42 heavy (non-hydrogen) atoms. The molecule has 0 amide bonds. The van der Waals surface area contributed by atoms with Crippen molar-refractivity contribution in [2.75, 3.05) is 18.9 Å². The fourth-order valence-corrected chi connectivity index (χ4v) is 5.70. The van der Waals surface area contributed by atoms with Crippen molar-refractivity contribution in [3.05, 3.63) is 92.8 Å². The third-order valence-electron chi connectivity index (χ3n) is 7.95. The highest BCUT2D eigenvalue weighted by Gasteiger charge is 2.19. The second-order valence-corrected chi connectivity index (χ2v) is 11.1. The molecule has 0 unspecified atom stereocenters. The van der Waals surface area contributed by atoms with Gasteiger partial charge in [-0.05, 0) is 49.2 Å². The van der Waals surface area contributed by atoms with Gasteiger partial charge in [0.2, 0.25) is 0 Å². The maximum atomic E-state index is 13.6. The van der Waals surface area contributed by atoms with Gasteiger partial charge in [0.25, 0.3) is 11.1 Å². The van der Waals surface area contributed by atoms with Gasteiger partial charge in [0, 0.05) is 68.3 Å². The van der Waals surface area contributed by atoms with Crippen molar-refractivity contribution in [2.24, 2.45) is 7.05 Å². The Balaban J connectivity index is 1.38. The van der Waals surface area contributed by atoms with E-state index in [4.69, 9.17) is 0 Å². The van der Waals surface area contributed by atoms with Crippen molar-refractivity contribution >= 4 is 17.0 Å². The Labute approximate surface area is 243 Å². The highest BCUT2D eigenvalue weighted by molar-refractivity contribution is 5.73. The van der Waals surface area contributed by atoms with Gasteiger partial charge in [0.1, 0.15) is 17.0 Å². The molecule has 1 aliphatic heterocycles. The lowest BCUT2D eigenvalue weighted by atomic mass is 10.0. The normalized spacial score (nSPS) is 13.5. The molecule has 0 aromatic carbocycles. The molecule has 0 saturated heterocycles. The van der Waals surface area contributed by atoms with E-state index in [-0.39, 0.29) is 17.7 Å². The topological polar surface area (TPSA) is 115 Å². The monoisotopic (exact) mass is 568 g/mol. The van der Waals surface area contributed by atoms with Crippen molar-refractivity contribution in [3.8, 4) is 16.9 Å². The summed E-state index contributed by atoms with van der Waals surface area (Å²) in [4.78, 5) is 33.4. The van der Waals surface area contributed by atoms with Crippen LogP contribution >= 0.6 is 0 Å². The second kappa shape index (κ2) is 11.4. The smallest absolute Gasteiger partial charge is 0.280 e. The number of pyridine rings is 2. The average Bonchev–Trinajstić information content (AvgIpc) is 3.59. The van der Waals surface area contributed by atoms with Crippen LogP contribution in [-0.2, 0) is 33.2 Å². The Kier molecular flexibility index (Phi) is 7.53. The van der Waals surface area contributed by atoms with Gasteiger partial charge < -0.3 is 19.4 Å². The summed E-state index contributed by atoms with van der Waals surface area (Å²) in [5.41, 5.74) is 4.58. The van der Waals surface area contributed by atoms with E-state index < -0.39 is 0 Å². The number of aliphatic hydroxyl groups is 1. The van der Waals surface area contributed by atoms with Crippen molar-refractivity contribution in [1.29, 1.82) is 0 Å². The van der Waals surface area contributed by atoms with E-state index in [0.717, 1.165) is 56.6 Å². The lowest BCUT2D eigenvalue weighted by molar-refractivity contribution is 0.259. The zero-order valence-electron chi connectivity index (χ0n) is 24.2. The van der Waals surface area contributed by atoms with Crippen LogP contribution in [0.1, 0.15) is 43.0 Å². The van der Waals surface area contributed by atoms with Crippen LogP contribution in [0.4, 0.5) is 11.5 Å². The molecule has 0 spiro atoms. The zero-order valence-corrected chi connectivity index (χ0v) is 24.2. The first-order valence-electron chi connectivity index (χ1n) is 14.4. The zero-order chi connectivity index (χ0) is 29.4. The van der Waals surface area contributed by atoms with Gasteiger partial charge in [-0.25, -0.2) is 4.98 Å². The van der Waals surface area contributed by atoms with E-state index in [0.29, 0.717) is 39.5 Å². The Morgan fingerprint density at radius 1 is 1.02 bits per heavy atom. The first kappa shape index (κ1) is 27.7. The molecule has 5 aromatic heterocycles. The summed E-state index contributed by atoms with van der Waals surface area (Å²) >= 11 is 0. The Bertz CT molecular complexity index is 1880. The van der Waals surface area contributed by atoms with Gasteiger partial charge in [-0.1, -0.05) is 19.8 Å². The van der Waals surface area contributed by atoms with Crippen LogP contribution in [0.25, 0.3) is 22.5 Å². The van der Waals surface area contributed by atoms with E-state index in [2.05, 4.69) is 34.3 Å². The van der Waals surface area contributed by atoms with Crippen molar-refractivity contribution in [1.82, 2.24) is 33.2 Å². The number of aryl methyl sites for hydroxylation is 2. The summed E-state index contributed by atoms with van der Waals surface area (Å²) in [7, 11) is 3.76. The van der Waals surface area contributed by atoms with Gasteiger partial charge in [-0.15, -0.1) is 0 Å². The summed E-state index contributed by atoms with van der Waals surface area (Å²) in [5, 5.41) is 18.4. The van der Waals surface area contributed by atoms with Crippen LogP contribution in [0.15, 0.2) is 64.8 Å². The molecule has 6 heterocycles. The van der Waals surface area contributed by atoms with Crippen LogP contribution < -0.4 is 16.4 Å². The number of likely N-dealkylation sites (N-methyl/N-ethyl adjacent to an activating group) is 1. The predicted octanol–water partition coefficient (Wildman–Crippen LogP) is 3.46. The van der Waals surface area contributed by atoms with Gasteiger partial charge in [-0.3, -0.25) is 23.7 Å². The molecule has 6 rings (SSSR count). The van der Waals surface area contributed by atoms with Gasteiger partial charge in [-0.2, -0.15) is 5.10 Å². The quantitative estimate of drug-likeness (QED) is 0.262. The Morgan fingerprint density at radius 2 is 1.88 bits per heavy atom. The number of fused-ring (bicyclic) bond motifs is 2. The third-order valence-corrected chi connectivity index (χ3v) is 7.95. The molecule has 1 aliphatic rings. The molecular weight excluding hydrogens is 532 g/mol. The summed E-state index contributed by atoms with van der Waals surface area (Å²) < 4.78 is 6.79. The molecule has 5 aromatic rings. The number of nitrogens with one attached hydrogen (secondary N) is 1. The SMILES string of the molecule is CCCCCc1cc2c(=O)n(-c3nccc(-c4cc(Nc5cc6n(n5)CCN(C)C6)c(=O)n(C)c4)c3CO)ccn2c1. The molecule has 0 fully saturated rings. The summed E-state index contributed by atoms with van der Waals surface area (Å²) in [5.74, 6) is 0.957. The van der Waals surface area contributed by atoms with Gasteiger partial charge in [0.05, 0.1) is 18.8 Å². The van der Waals surface area contributed by atoms with Crippen molar-refractivity contribution < 1.29 is 5.11 Å². The van der Waals surface area contributed by atoms with Crippen LogP contribution in [0.5, 0.6) is 0 Å². The number of anilines is 2. The van der Waals surface area contributed by atoms with Gasteiger partial charge in [0.15, 0.2) is 5.82 Å². The fraction of sp³-hybridized carbons (Fsp3) is 0.355. The van der Waals surface area contributed by atoms with Gasteiger partial charge >= 0.3 is 0 Å². The minimum absolute atomic E-state index is 0.202. The number of hydrogen-bond acceptors (Lipinski definition) is 7. The number of rotatable bonds is 9. The highest BCUT2D eigenvalue weighted by Crippen LogP contribution is 2.29. The van der Waals surface area contributed by atoms with Crippen LogP contribution in [0, 0.1) is 0 Å². The van der Waals surface area contributed by atoms with E-state index >= 15 is 0 Å². The molecular formula is C31H36N8O3. The average molecular weight is 569 g/mol. The molecule has 0 radical (unpaired) electrons. The maximum absolute atomic E-state index is 13.6. The summed E-state index contributed by atoms with van der Waals surface area (Å²) in [6.45, 7) is 4.33. The number of unbranched alkanes of at least 4 members (excludes halogenated alkanes) is 2. The lowest BCUT2D eigenvalue weighted by Gasteiger charge is -2.22. The Morgan fingerprint density at radius 3 is 2.69 bits per heavy atom. The summed E-state index contributed by atoms with van der Waals surface area (Å²) in [6, 6.07) is 7.45.